The van der Waals surface area contributed by atoms with Gasteiger partial charge in [-0.15, -0.1) is 21.5 Å². The molecule has 2 aliphatic heterocycles. The summed E-state index contributed by atoms with van der Waals surface area (Å²) in [5, 5.41) is 15.6. The summed E-state index contributed by atoms with van der Waals surface area (Å²) in [5.74, 6) is -0.235. The van der Waals surface area contributed by atoms with Crippen LogP contribution in [0, 0.1) is 19.7 Å². The highest BCUT2D eigenvalue weighted by atomic mass is 32.1. The minimum Gasteiger partial charge on any atom is -0.368 e. The van der Waals surface area contributed by atoms with Gasteiger partial charge in [-0.25, -0.2) is 13.9 Å². The smallest absolute Gasteiger partial charge is 0.276 e. The van der Waals surface area contributed by atoms with Crippen molar-refractivity contribution in [1.29, 1.82) is 0 Å². The summed E-state index contributed by atoms with van der Waals surface area (Å²) < 4.78 is 14.9. The van der Waals surface area contributed by atoms with Crippen molar-refractivity contribution in [3.63, 3.8) is 0 Å². The van der Waals surface area contributed by atoms with Gasteiger partial charge in [0.15, 0.2) is 11.3 Å². The van der Waals surface area contributed by atoms with Gasteiger partial charge in [0.2, 0.25) is 0 Å². The predicted octanol–water partition coefficient (Wildman–Crippen LogP) is 3.32. The average Bonchev–Trinajstić information content (AvgIpc) is 3.60. The molecule has 6 rings (SSSR count). The van der Waals surface area contributed by atoms with Gasteiger partial charge in [-0.2, -0.15) is 5.10 Å². The lowest BCUT2D eigenvalue weighted by molar-refractivity contribution is 0.0703. The highest BCUT2D eigenvalue weighted by Crippen LogP contribution is 2.31. The number of halogens is 1. The number of amides is 2. The number of aromatic nitrogens is 5. The van der Waals surface area contributed by atoms with E-state index in [4.69, 9.17) is 4.98 Å². The van der Waals surface area contributed by atoms with Crippen LogP contribution in [0.15, 0.2) is 35.7 Å². The molecule has 0 saturated carbocycles. The number of piperidine rings is 1. The van der Waals surface area contributed by atoms with E-state index < -0.39 is 0 Å². The molecule has 4 aromatic rings. The number of nitrogens with zero attached hydrogens (tertiary/aromatic N) is 8. The Morgan fingerprint density at radius 1 is 0.923 bits per heavy atom. The molecule has 2 saturated heterocycles. The number of anilines is 1. The number of hydrogen-bond acceptors (Lipinski definition) is 8. The molecule has 39 heavy (non-hydrogen) atoms. The van der Waals surface area contributed by atoms with Crippen LogP contribution < -0.4 is 4.90 Å². The van der Waals surface area contributed by atoms with E-state index in [0.717, 1.165) is 29.2 Å². The van der Waals surface area contributed by atoms with Crippen LogP contribution in [0.4, 0.5) is 10.1 Å². The van der Waals surface area contributed by atoms with Gasteiger partial charge < -0.3 is 14.7 Å². The Hall–Kier alpha value is -3.93. The molecule has 0 spiro atoms. The molecule has 2 aliphatic rings. The minimum absolute atomic E-state index is 0.0535. The van der Waals surface area contributed by atoms with E-state index in [1.165, 1.54) is 23.5 Å². The molecule has 5 heterocycles. The molecular weight excluding hydrogens is 519 g/mol. The van der Waals surface area contributed by atoms with Gasteiger partial charge in [0.05, 0.1) is 16.4 Å². The highest BCUT2D eigenvalue weighted by Gasteiger charge is 2.30. The van der Waals surface area contributed by atoms with E-state index in [0.29, 0.717) is 62.0 Å². The average molecular weight is 549 g/mol. The second-order valence-corrected chi connectivity index (χ2v) is 11.0. The number of hydrogen-bond donors (Lipinski definition) is 0. The second kappa shape index (κ2) is 10.3. The van der Waals surface area contributed by atoms with Crippen LogP contribution in [0.2, 0.25) is 0 Å². The largest absolute Gasteiger partial charge is 0.368 e. The zero-order valence-corrected chi connectivity index (χ0v) is 22.7. The lowest BCUT2D eigenvalue weighted by Crippen LogP contribution is -2.48. The van der Waals surface area contributed by atoms with E-state index in [2.05, 4.69) is 20.2 Å². The summed E-state index contributed by atoms with van der Waals surface area (Å²) in [7, 11) is 0. The van der Waals surface area contributed by atoms with Crippen LogP contribution >= 0.6 is 11.3 Å². The summed E-state index contributed by atoms with van der Waals surface area (Å²) in [6, 6.07) is 8.29. The number of carbonyl (C=O) groups is 2. The van der Waals surface area contributed by atoms with E-state index in [1.807, 2.05) is 35.1 Å². The Kier molecular flexibility index (Phi) is 6.71. The van der Waals surface area contributed by atoms with Crippen molar-refractivity contribution in [3.05, 3.63) is 69.3 Å². The number of aryl methyl sites for hydroxylation is 2. The molecule has 0 unspecified atom stereocenters. The SMILES string of the molecule is Cc1cc2nnc(C(=O)N3CCC(c4nc(C(=O)N5CCN(c6ccc(F)cc6)CC5)cs4)CC3)c(C)n2n1. The van der Waals surface area contributed by atoms with Crippen LogP contribution in [-0.4, -0.2) is 85.7 Å². The van der Waals surface area contributed by atoms with Gasteiger partial charge in [-0.3, -0.25) is 9.59 Å². The molecule has 2 fully saturated rings. The maximum atomic E-state index is 13.2. The summed E-state index contributed by atoms with van der Waals surface area (Å²) in [6.07, 6.45) is 1.55. The molecule has 0 radical (unpaired) electrons. The monoisotopic (exact) mass is 548 g/mol. The number of thiazole rings is 1. The second-order valence-electron chi connectivity index (χ2n) is 10.1. The zero-order chi connectivity index (χ0) is 27.1. The van der Waals surface area contributed by atoms with Crippen LogP contribution in [0.25, 0.3) is 5.65 Å². The van der Waals surface area contributed by atoms with Gasteiger partial charge >= 0.3 is 0 Å². The van der Waals surface area contributed by atoms with Crippen molar-refractivity contribution < 1.29 is 14.0 Å². The third-order valence-electron chi connectivity index (χ3n) is 7.56. The highest BCUT2D eigenvalue weighted by molar-refractivity contribution is 7.09. The molecule has 0 aliphatic carbocycles. The molecule has 12 heteroatoms. The third-order valence-corrected chi connectivity index (χ3v) is 8.57. The Morgan fingerprint density at radius 3 is 2.33 bits per heavy atom. The van der Waals surface area contributed by atoms with Crippen molar-refractivity contribution in [2.45, 2.75) is 32.6 Å². The Bertz CT molecular complexity index is 1520. The third kappa shape index (κ3) is 4.96. The van der Waals surface area contributed by atoms with Gasteiger partial charge in [-0.05, 0) is 51.0 Å². The Labute approximate surface area is 229 Å². The maximum absolute atomic E-state index is 13.2. The van der Waals surface area contributed by atoms with Crippen LogP contribution in [0.1, 0.15) is 56.1 Å². The quantitative estimate of drug-likeness (QED) is 0.386. The van der Waals surface area contributed by atoms with Gasteiger partial charge in [0.25, 0.3) is 11.8 Å². The molecule has 0 atom stereocenters. The van der Waals surface area contributed by atoms with Crippen molar-refractivity contribution in [2.75, 3.05) is 44.2 Å². The van der Waals surface area contributed by atoms with Gasteiger partial charge in [0, 0.05) is 62.3 Å². The van der Waals surface area contributed by atoms with Crippen molar-refractivity contribution in [1.82, 2.24) is 34.6 Å². The molecule has 2 amide bonds. The standard InChI is InChI=1S/C27H29FN8O2S/c1-17-15-23-30-31-24(18(2)36(23)32-17)27(38)34-9-7-19(8-10-34)25-29-22(16-39-25)26(37)35-13-11-33(12-14-35)21-5-3-20(28)4-6-21/h3-6,15-16,19H,7-14H2,1-2H3. The number of rotatable bonds is 4. The molecule has 202 valence electrons. The van der Waals surface area contributed by atoms with E-state index >= 15 is 0 Å². The minimum atomic E-state index is -0.254. The fraction of sp³-hybridized carbons (Fsp3) is 0.407. The van der Waals surface area contributed by atoms with Crippen LogP contribution in [0.5, 0.6) is 0 Å². The first kappa shape index (κ1) is 25.4. The lowest BCUT2D eigenvalue weighted by Gasteiger charge is -2.35. The van der Waals surface area contributed by atoms with Crippen molar-refractivity contribution >= 4 is 34.5 Å². The van der Waals surface area contributed by atoms with Gasteiger partial charge in [0.1, 0.15) is 11.5 Å². The maximum Gasteiger partial charge on any atom is 0.276 e. The summed E-state index contributed by atoms with van der Waals surface area (Å²) >= 11 is 1.52. The van der Waals surface area contributed by atoms with Crippen LogP contribution in [-0.2, 0) is 0 Å². The Morgan fingerprint density at radius 2 is 1.62 bits per heavy atom. The van der Waals surface area contributed by atoms with Crippen molar-refractivity contribution in [3.8, 4) is 0 Å². The van der Waals surface area contributed by atoms with E-state index in [9.17, 15) is 14.0 Å². The molecule has 3 aromatic heterocycles. The number of carbonyl (C=O) groups excluding carboxylic acids is 2. The summed E-state index contributed by atoms with van der Waals surface area (Å²) in [4.78, 5) is 36.9. The summed E-state index contributed by atoms with van der Waals surface area (Å²) in [6.45, 7) is 7.48. The topological polar surface area (TPSA) is 99.8 Å². The predicted molar refractivity (Wildman–Crippen MR) is 145 cm³/mol. The molecule has 0 N–H and O–H groups in total. The fourth-order valence-electron chi connectivity index (χ4n) is 5.31. The van der Waals surface area contributed by atoms with E-state index in [1.54, 1.807) is 16.6 Å². The molecule has 0 bridgehead atoms. The normalized spacial score (nSPS) is 16.7. The zero-order valence-electron chi connectivity index (χ0n) is 21.9. The molecular formula is C27H29FN8O2S. The number of fused-ring (bicyclic) bond motifs is 1. The molecule has 10 nitrogen and oxygen atoms in total. The lowest BCUT2D eigenvalue weighted by atomic mass is 9.97. The first-order chi connectivity index (χ1) is 18.9. The fourth-order valence-corrected chi connectivity index (χ4v) is 6.27. The Balaban J connectivity index is 1.04. The van der Waals surface area contributed by atoms with Gasteiger partial charge in [-0.1, -0.05) is 0 Å². The van der Waals surface area contributed by atoms with E-state index in [-0.39, 0.29) is 23.5 Å². The van der Waals surface area contributed by atoms with Crippen LogP contribution in [0.3, 0.4) is 0 Å². The summed E-state index contributed by atoms with van der Waals surface area (Å²) in [5.41, 5.74) is 3.91. The number of likely N-dealkylation sites (tertiary alicyclic amines) is 1. The van der Waals surface area contributed by atoms with Crippen molar-refractivity contribution in [2.24, 2.45) is 0 Å². The molecule has 1 aromatic carbocycles. The first-order valence-electron chi connectivity index (χ1n) is 13.1. The first-order valence-corrected chi connectivity index (χ1v) is 14.0. The number of piperazine rings is 1. The number of benzene rings is 1.